The van der Waals surface area contributed by atoms with Crippen molar-refractivity contribution in [2.75, 3.05) is 0 Å². The third kappa shape index (κ3) is 2.06. The van der Waals surface area contributed by atoms with E-state index in [1.165, 1.54) is 4.90 Å². The van der Waals surface area contributed by atoms with Gasteiger partial charge in [0, 0.05) is 6.04 Å². The summed E-state index contributed by atoms with van der Waals surface area (Å²) >= 11 is 0. The molecule has 0 aromatic rings. The Hall–Kier alpha value is -1.39. The van der Waals surface area contributed by atoms with Crippen molar-refractivity contribution in [2.45, 2.75) is 39.7 Å². The lowest BCUT2D eigenvalue weighted by molar-refractivity contribution is -0.146. The molecule has 1 aliphatic heterocycles. The Morgan fingerprint density at radius 2 is 1.76 bits per heavy atom. The van der Waals surface area contributed by atoms with Crippen molar-refractivity contribution < 1.29 is 14.4 Å². The summed E-state index contributed by atoms with van der Waals surface area (Å²) in [6.45, 7) is 5.51. The highest BCUT2D eigenvalue weighted by Gasteiger charge is 2.46. The van der Waals surface area contributed by atoms with Gasteiger partial charge in [-0.2, -0.15) is 0 Å². The van der Waals surface area contributed by atoms with Gasteiger partial charge < -0.3 is 0 Å². The van der Waals surface area contributed by atoms with E-state index in [0.29, 0.717) is 5.92 Å². The Morgan fingerprint density at radius 1 is 1.18 bits per heavy atom. The summed E-state index contributed by atoms with van der Waals surface area (Å²) in [7, 11) is 0. The SMILES string of the molecule is CC(C)C1C(=O)NC(=O)N(C(C)C2CC2)C1=O. The van der Waals surface area contributed by atoms with Crippen LogP contribution in [-0.2, 0) is 9.59 Å². The largest absolute Gasteiger partial charge is 0.331 e. The molecule has 0 spiro atoms. The van der Waals surface area contributed by atoms with Gasteiger partial charge in [-0.05, 0) is 31.6 Å². The van der Waals surface area contributed by atoms with Gasteiger partial charge in [0.1, 0.15) is 5.92 Å². The minimum Gasteiger partial charge on any atom is -0.277 e. The van der Waals surface area contributed by atoms with Crippen LogP contribution < -0.4 is 5.32 Å². The Balaban J connectivity index is 2.22. The number of hydrogen-bond donors (Lipinski definition) is 1. The van der Waals surface area contributed by atoms with Gasteiger partial charge in [0.05, 0.1) is 0 Å². The molecule has 4 amide bonds. The van der Waals surface area contributed by atoms with Crippen LogP contribution in [0.3, 0.4) is 0 Å². The zero-order chi connectivity index (χ0) is 12.7. The van der Waals surface area contributed by atoms with Crippen LogP contribution in [0.2, 0.25) is 0 Å². The van der Waals surface area contributed by atoms with Gasteiger partial charge in [-0.25, -0.2) is 4.79 Å². The van der Waals surface area contributed by atoms with Crippen LogP contribution in [0.5, 0.6) is 0 Å². The number of carbonyl (C=O) groups is 3. The highest BCUT2D eigenvalue weighted by atomic mass is 16.2. The monoisotopic (exact) mass is 238 g/mol. The van der Waals surface area contributed by atoms with Gasteiger partial charge >= 0.3 is 6.03 Å². The lowest BCUT2D eigenvalue weighted by Gasteiger charge is -2.35. The second-order valence-corrected chi connectivity index (χ2v) is 5.30. The first-order valence-corrected chi connectivity index (χ1v) is 6.11. The molecule has 5 heteroatoms. The van der Waals surface area contributed by atoms with Crippen LogP contribution in [-0.4, -0.2) is 28.8 Å². The van der Waals surface area contributed by atoms with Crippen LogP contribution in [0, 0.1) is 17.8 Å². The van der Waals surface area contributed by atoms with Crippen LogP contribution in [0.4, 0.5) is 4.79 Å². The van der Waals surface area contributed by atoms with Gasteiger partial charge in [-0.15, -0.1) is 0 Å². The van der Waals surface area contributed by atoms with E-state index in [9.17, 15) is 14.4 Å². The van der Waals surface area contributed by atoms with Gasteiger partial charge in [-0.3, -0.25) is 19.8 Å². The molecule has 2 rings (SSSR count). The van der Waals surface area contributed by atoms with Crippen LogP contribution in [0.15, 0.2) is 0 Å². The van der Waals surface area contributed by atoms with Crippen molar-refractivity contribution in [2.24, 2.45) is 17.8 Å². The zero-order valence-corrected chi connectivity index (χ0v) is 10.4. The maximum atomic E-state index is 12.2. The van der Waals surface area contributed by atoms with Gasteiger partial charge in [0.25, 0.3) is 0 Å². The molecule has 1 heterocycles. The second-order valence-electron chi connectivity index (χ2n) is 5.30. The van der Waals surface area contributed by atoms with Crippen LogP contribution in [0.25, 0.3) is 0 Å². The summed E-state index contributed by atoms with van der Waals surface area (Å²) < 4.78 is 0. The van der Waals surface area contributed by atoms with E-state index >= 15 is 0 Å². The van der Waals surface area contributed by atoms with Gasteiger partial charge in [0.2, 0.25) is 11.8 Å². The van der Waals surface area contributed by atoms with Crippen LogP contribution >= 0.6 is 0 Å². The Bertz CT molecular complexity index is 374. The number of rotatable bonds is 3. The maximum Gasteiger partial charge on any atom is 0.331 e. The zero-order valence-electron chi connectivity index (χ0n) is 10.4. The molecule has 5 nitrogen and oxygen atoms in total. The molecule has 1 saturated carbocycles. The van der Waals surface area contributed by atoms with Crippen molar-refractivity contribution in [3.8, 4) is 0 Å². The van der Waals surface area contributed by atoms with E-state index in [0.717, 1.165) is 12.8 Å². The molecule has 0 aromatic heterocycles. The summed E-state index contributed by atoms with van der Waals surface area (Å²) in [6.07, 6.45) is 2.11. The van der Waals surface area contributed by atoms with Crippen molar-refractivity contribution in [3.63, 3.8) is 0 Å². The molecule has 1 aliphatic carbocycles. The molecule has 1 N–H and O–H groups in total. The summed E-state index contributed by atoms with van der Waals surface area (Å²) in [6, 6.07) is -0.659. The number of nitrogens with one attached hydrogen (secondary N) is 1. The minimum absolute atomic E-state index is 0.0931. The predicted octanol–water partition coefficient (Wildman–Crippen LogP) is 1.14. The quantitative estimate of drug-likeness (QED) is 0.750. The first kappa shape index (κ1) is 12.1. The average molecular weight is 238 g/mol. The predicted molar refractivity (Wildman–Crippen MR) is 60.9 cm³/mol. The van der Waals surface area contributed by atoms with Crippen molar-refractivity contribution in [3.05, 3.63) is 0 Å². The fourth-order valence-electron chi connectivity index (χ4n) is 2.37. The van der Waals surface area contributed by atoms with E-state index < -0.39 is 17.9 Å². The first-order valence-electron chi connectivity index (χ1n) is 6.11. The molecule has 2 unspecified atom stereocenters. The minimum atomic E-state index is -0.728. The molecule has 1 saturated heterocycles. The normalized spacial score (nSPS) is 27.4. The Kier molecular flexibility index (Phi) is 2.93. The molecular formula is C12H18N2O3. The molecule has 17 heavy (non-hydrogen) atoms. The van der Waals surface area contributed by atoms with E-state index in [1.54, 1.807) is 0 Å². The molecular weight excluding hydrogens is 220 g/mol. The fourth-order valence-corrected chi connectivity index (χ4v) is 2.37. The third-order valence-corrected chi connectivity index (χ3v) is 3.61. The first-order chi connectivity index (χ1) is 7.93. The van der Waals surface area contributed by atoms with Crippen LogP contribution in [0.1, 0.15) is 33.6 Å². The summed E-state index contributed by atoms with van der Waals surface area (Å²) in [5.74, 6) is -1.22. The van der Waals surface area contributed by atoms with Gasteiger partial charge in [0.15, 0.2) is 0 Å². The second kappa shape index (κ2) is 4.13. The molecule has 0 radical (unpaired) electrons. The third-order valence-electron chi connectivity index (χ3n) is 3.61. The average Bonchev–Trinajstić information content (AvgIpc) is 2.97. The van der Waals surface area contributed by atoms with Crippen molar-refractivity contribution in [1.29, 1.82) is 0 Å². The summed E-state index contributed by atoms with van der Waals surface area (Å²) in [5, 5.41) is 2.28. The van der Waals surface area contributed by atoms with Crippen molar-refractivity contribution in [1.82, 2.24) is 10.2 Å². The standard InChI is InChI=1S/C12H18N2O3/c1-6(2)9-10(15)13-12(17)14(11(9)16)7(3)8-4-5-8/h6-9H,4-5H2,1-3H3,(H,13,15,17). The highest BCUT2D eigenvalue weighted by molar-refractivity contribution is 6.16. The lowest BCUT2D eigenvalue weighted by atomic mass is 9.91. The number of nitrogens with zero attached hydrogens (tertiary/aromatic N) is 1. The van der Waals surface area contributed by atoms with E-state index in [-0.39, 0.29) is 17.9 Å². The topological polar surface area (TPSA) is 66.5 Å². The lowest BCUT2D eigenvalue weighted by Crippen LogP contribution is -2.61. The Labute approximate surface area is 101 Å². The molecule has 2 aliphatic rings. The number of barbiturate groups is 1. The van der Waals surface area contributed by atoms with E-state index in [2.05, 4.69) is 5.32 Å². The molecule has 0 aromatic carbocycles. The van der Waals surface area contributed by atoms with E-state index in [4.69, 9.17) is 0 Å². The summed E-state index contributed by atoms with van der Waals surface area (Å²) in [4.78, 5) is 36.8. The number of imide groups is 2. The smallest absolute Gasteiger partial charge is 0.277 e. The number of amides is 4. The number of hydrogen-bond acceptors (Lipinski definition) is 3. The maximum absolute atomic E-state index is 12.2. The number of urea groups is 1. The molecule has 2 atom stereocenters. The Morgan fingerprint density at radius 3 is 2.24 bits per heavy atom. The molecule has 0 bridgehead atoms. The fraction of sp³-hybridized carbons (Fsp3) is 0.750. The van der Waals surface area contributed by atoms with E-state index in [1.807, 2.05) is 20.8 Å². The van der Waals surface area contributed by atoms with Crippen molar-refractivity contribution >= 4 is 17.8 Å². The number of carbonyl (C=O) groups excluding carboxylic acids is 3. The molecule has 94 valence electrons. The highest BCUT2D eigenvalue weighted by Crippen LogP contribution is 2.36. The van der Waals surface area contributed by atoms with Gasteiger partial charge in [-0.1, -0.05) is 13.8 Å². The summed E-state index contributed by atoms with van der Waals surface area (Å²) in [5.41, 5.74) is 0. The molecule has 2 fully saturated rings.